The van der Waals surface area contributed by atoms with Crippen LogP contribution in [0.15, 0.2) is 35.7 Å². The summed E-state index contributed by atoms with van der Waals surface area (Å²) in [6, 6.07) is 8.12. The maximum atomic E-state index is 13.9. The first-order valence-corrected chi connectivity index (χ1v) is 7.28. The molecule has 0 spiro atoms. The van der Waals surface area contributed by atoms with E-state index in [0.29, 0.717) is 12.0 Å². The highest BCUT2D eigenvalue weighted by atomic mass is 32.1. The molecule has 0 aliphatic rings. The minimum Gasteiger partial charge on any atom is -0.395 e. The summed E-state index contributed by atoms with van der Waals surface area (Å²) in [4.78, 5) is 12.7. The van der Waals surface area contributed by atoms with Gasteiger partial charge < -0.3 is 10.4 Å². The number of hydrogen-bond acceptors (Lipinski definition) is 3. The number of carbonyl (C=O) groups excluding carboxylic acids is 1. The Morgan fingerprint density at radius 2 is 2.24 bits per heavy atom. The van der Waals surface area contributed by atoms with Crippen molar-refractivity contribution in [2.45, 2.75) is 12.8 Å². The van der Waals surface area contributed by atoms with Gasteiger partial charge in [0.05, 0.1) is 18.7 Å². The van der Waals surface area contributed by atoms with E-state index in [9.17, 15) is 9.18 Å². The molecule has 2 aromatic rings. The molecule has 0 aliphatic carbocycles. The average molecular weight is 303 g/mol. The minimum absolute atomic E-state index is 0.0215. The molecule has 0 saturated heterocycles. The lowest BCUT2D eigenvalue weighted by atomic mass is 10.2. The number of halogens is 1. The van der Waals surface area contributed by atoms with Crippen molar-refractivity contribution in [3.63, 3.8) is 0 Å². The second-order valence-electron chi connectivity index (χ2n) is 4.27. The van der Waals surface area contributed by atoms with E-state index in [0.717, 1.165) is 4.88 Å². The first-order chi connectivity index (χ1) is 10.2. The standard InChI is InChI=1S/C16H14FNO2S/c17-14-10-12(4-1-2-8-19)6-7-15(14)18-16(20)11-13-5-3-9-21-13/h3,5-7,9-10,19H,2,8,11H2,(H,18,20). The highest BCUT2D eigenvalue weighted by Gasteiger charge is 2.08. The lowest BCUT2D eigenvalue weighted by Gasteiger charge is -2.06. The van der Waals surface area contributed by atoms with E-state index in [-0.39, 0.29) is 24.6 Å². The van der Waals surface area contributed by atoms with Crippen molar-refractivity contribution in [3.8, 4) is 11.8 Å². The Labute approximate surface area is 126 Å². The highest BCUT2D eigenvalue weighted by molar-refractivity contribution is 7.10. The molecule has 3 nitrogen and oxygen atoms in total. The van der Waals surface area contributed by atoms with Gasteiger partial charge in [0.25, 0.3) is 0 Å². The van der Waals surface area contributed by atoms with Gasteiger partial charge >= 0.3 is 0 Å². The molecular formula is C16H14FNO2S. The van der Waals surface area contributed by atoms with Crippen molar-refractivity contribution in [1.82, 2.24) is 0 Å². The number of thiophene rings is 1. The maximum Gasteiger partial charge on any atom is 0.229 e. The van der Waals surface area contributed by atoms with Crippen molar-refractivity contribution >= 4 is 22.9 Å². The molecule has 1 aromatic carbocycles. The molecule has 1 heterocycles. The van der Waals surface area contributed by atoms with Gasteiger partial charge in [0.15, 0.2) is 0 Å². The van der Waals surface area contributed by atoms with E-state index in [1.165, 1.54) is 23.5 Å². The SMILES string of the molecule is O=C(Cc1cccs1)Nc1ccc(C#CCCO)cc1F. The fourth-order valence-corrected chi connectivity index (χ4v) is 2.38. The van der Waals surface area contributed by atoms with Crippen LogP contribution in [0.1, 0.15) is 16.9 Å². The van der Waals surface area contributed by atoms with Gasteiger partial charge in [-0.2, -0.15) is 0 Å². The largest absolute Gasteiger partial charge is 0.395 e. The molecule has 1 amide bonds. The normalized spacial score (nSPS) is 9.81. The molecule has 21 heavy (non-hydrogen) atoms. The first-order valence-electron chi connectivity index (χ1n) is 6.40. The number of nitrogens with one attached hydrogen (secondary N) is 1. The van der Waals surface area contributed by atoms with E-state index in [1.54, 1.807) is 6.07 Å². The minimum atomic E-state index is -0.523. The number of aliphatic hydroxyl groups excluding tert-OH is 1. The second kappa shape index (κ2) is 7.58. The Bertz CT molecular complexity index is 671. The van der Waals surface area contributed by atoms with Crippen LogP contribution in [0.2, 0.25) is 0 Å². The van der Waals surface area contributed by atoms with Crippen molar-refractivity contribution in [1.29, 1.82) is 0 Å². The van der Waals surface area contributed by atoms with Crippen LogP contribution in [0.4, 0.5) is 10.1 Å². The zero-order chi connectivity index (χ0) is 15.1. The molecule has 0 bridgehead atoms. The van der Waals surface area contributed by atoms with Crippen LogP contribution < -0.4 is 5.32 Å². The van der Waals surface area contributed by atoms with Crippen LogP contribution in [0.25, 0.3) is 0 Å². The third kappa shape index (κ3) is 4.71. The van der Waals surface area contributed by atoms with Crippen LogP contribution in [0.3, 0.4) is 0 Å². The quantitative estimate of drug-likeness (QED) is 0.853. The van der Waals surface area contributed by atoms with Crippen LogP contribution in [0, 0.1) is 17.7 Å². The van der Waals surface area contributed by atoms with Gasteiger partial charge in [-0.1, -0.05) is 17.9 Å². The molecule has 0 unspecified atom stereocenters. The van der Waals surface area contributed by atoms with Gasteiger partial charge in [-0.15, -0.1) is 11.3 Å². The van der Waals surface area contributed by atoms with Gasteiger partial charge in [-0.25, -0.2) is 4.39 Å². The first kappa shape index (κ1) is 15.2. The summed E-state index contributed by atoms with van der Waals surface area (Å²) in [5.41, 5.74) is 0.654. The van der Waals surface area contributed by atoms with Crippen LogP contribution in [-0.2, 0) is 11.2 Å². The summed E-state index contributed by atoms with van der Waals surface area (Å²) >= 11 is 1.49. The van der Waals surface area contributed by atoms with Crippen molar-refractivity contribution in [2.24, 2.45) is 0 Å². The zero-order valence-corrected chi connectivity index (χ0v) is 12.0. The number of hydrogen-bond donors (Lipinski definition) is 2. The second-order valence-corrected chi connectivity index (χ2v) is 5.31. The van der Waals surface area contributed by atoms with Gasteiger partial charge in [0.2, 0.25) is 5.91 Å². The molecule has 0 atom stereocenters. The van der Waals surface area contributed by atoms with Crippen LogP contribution >= 0.6 is 11.3 Å². The fourth-order valence-electron chi connectivity index (χ4n) is 1.68. The topological polar surface area (TPSA) is 49.3 Å². The van der Waals surface area contributed by atoms with Crippen LogP contribution in [0.5, 0.6) is 0 Å². The van der Waals surface area contributed by atoms with Crippen molar-refractivity contribution in [3.05, 3.63) is 52.0 Å². The number of rotatable bonds is 4. The molecule has 0 saturated carbocycles. The predicted molar refractivity (Wildman–Crippen MR) is 81.6 cm³/mol. The molecule has 5 heteroatoms. The Balaban J connectivity index is 2.01. The third-order valence-corrected chi connectivity index (χ3v) is 3.50. The van der Waals surface area contributed by atoms with Crippen molar-refractivity contribution < 1.29 is 14.3 Å². The Morgan fingerprint density at radius 3 is 2.90 bits per heavy atom. The number of anilines is 1. The molecular weight excluding hydrogens is 289 g/mol. The smallest absolute Gasteiger partial charge is 0.229 e. The van der Waals surface area contributed by atoms with E-state index < -0.39 is 5.82 Å². The molecule has 2 N–H and O–H groups in total. The molecule has 108 valence electrons. The predicted octanol–water partition coefficient (Wildman–Crippen LogP) is 2.80. The molecule has 0 radical (unpaired) electrons. The number of benzene rings is 1. The monoisotopic (exact) mass is 303 g/mol. The summed E-state index contributed by atoms with van der Waals surface area (Å²) in [5.74, 6) is 4.68. The fraction of sp³-hybridized carbons (Fsp3) is 0.188. The zero-order valence-electron chi connectivity index (χ0n) is 11.2. The van der Waals surface area contributed by atoms with Crippen molar-refractivity contribution in [2.75, 3.05) is 11.9 Å². The maximum absolute atomic E-state index is 13.9. The lowest BCUT2D eigenvalue weighted by Crippen LogP contribution is -2.14. The summed E-state index contributed by atoms with van der Waals surface area (Å²) in [6.07, 6.45) is 0.579. The molecule has 2 rings (SSSR count). The Morgan fingerprint density at radius 1 is 1.38 bits per heavy atom. The summed E-state index contributed by atoms with van der Waals surface area (Å²) < 4.78 is 13.9. The molecule has 0 aliphatic heterocycles. The van der Waals surface area contributed by atoms with Gasteiger partial charge in [0.1, 0.15) is 5.82 Å². The summed E-state index contributed by atoms with van der Waals surface area (Å²) in [5, 5.41) is 13.1. The van der Waals surface area contributed by atoms with Gasteiger partial charge in [-0.05, 0) is 29.6 Å². The van der Waals surface area contributed by atoms with Gasteiger partial charge in [0, 0.05) is 16.9 Å². The lowest BCUT2D eigenvalue weighted by molar-refractivity contribution is -0.115. The van der Waals surface area contributed by atoms with E-state index >= 15 is 0 Å². The van der Waals surface area contributed by atoms with Gasteiger partial charge in [-0.3, -0.25) is 4.79 Å². The average Bonchev–Trinajstić information content (AvgIpc) is 2.95. The van der Waals surface area contributed by atoms with Crippen LogP contribution in [-0.4, -0.2) is 17.6 Å². The number of aliphatic hydroxyl groups is 1. The highest BCUT2D eigenvalue weighted by Crippen LogP contribution is 2.16. The summed E-state index contributed by atoms with van der Waals surface area (Å²) in [6.45, 7) is -0.0215. The molecule has 1 aromatic heterocycles. The van der Waals surface area contributed by atoms with E-state index in [2.05, 4.69) is 17.2 Å². The van der Waals surface area contributed by atoms with E-state index in [4.69, 9.17) is 5.11 Å². The Kier molecular flexibility index (Phi) is 5.50. The Hall–Kier alpha value is -2.16. The number of amides is 1. The number of carbonyl (C=O) groups is 1. The third-order valence-electron chi connectivity index (χ3n) is 2.63. The van der Waals surface area contributed by atoms with E-state index in [1.807, 2.05) is 17.5 Å². The summed E-state index contributed by atoms with van der Waals surface area (Å²) in [7, 11) is 0. The molecule has 0 fully saturated rings.